The van der Waals surface area contributed by atoms with Gasteiger partial charge in [-0.25, -0.2) is 5.01 Å². The average Bonchev–Trinajstić information content (AvgIpc) is 2.38. The summed E-state index contributed by atoms with van der Waals surface area (Å²) in [6.07, 6.45) is 0.823. The van der Waals surface area contributed by atoms with Crippen molar-refractivity contribution in [3.8, 4) is 5.75 Å². The van der Waals surface area contributed by atoms with E-state index in [1.165, 1.54) is 0 Å². The summed E-state index contributed by atoms with van der Waals surface area (Å²) in [5.41, 5.74) is 0.928. The average molecular weight is 380 g/mol. The first-order valence-electron chi connectivity index (χ1n) is 6.87. The molecule has 2 N–H and O–H groups in total. The van der Waals surface area contributed by atoms with Gasteiger partial charge < -0.3 is 9.47 Å². The van der Waals surface area contributed by atoms with Crippen molar-refractivity contribution in [2.45, 2.75) is 39.3 Å². The SMILES string of the molecule is COCCCOc1cc(CN(N)C(C)(C)C)c(Br)cc1Cl. The lowest BCUT2D eigenvalue weighted by Crippen LogP contribution is -2.45. The molecule has 0 aromatic heterocycles. The van der Waals surface area contributed by atoms with Crippen LogP contribution >= 0.6 is 27.5 Å². The van der Waals surface area contributed by atoms with Gasteiger partial charge in [-0.05, 0) is 38.5 Å². The van der Waals surface area contributed by atoms with Crippen LogP contribution < -0.4 is 10.6 Å². The Balaban J connectivity index is 2.80. The zero-order chi connectivity index (χ0) is 16.0. The van der Waals surface area contributed by atoms with Crippen molar-refractivity contribution in [3.63, 3.8) is 0 Å². The number of hydrogen-bond donors (Lipinski definition) is 1. The third-order valence-corrected chi connectivity index (χ3v) is 4.09. The number of benzene rings is 1. The molecule has 0 radical (unpaired) electrons. The third-order valence-electron chi connectivity index (χ3n) is 3.05. The molecule has 21 heavy (non-hydrogen) atoms. The van der Waals surface area contributed by atoms with E-state index in [9.17, 15) is 0 Å². The smallest absolute Gasteiger partial charge is 0.138 e. The van der Waals surface area contributed by atoms with Gasteiger partial charge in [0.1, 0.15) is 5.75 Å². The van der Waals surface area contributed by atoms with Gasteiger partial charge in [0.15, 0.2) is 0 Å². The van der Waals surface area contributed by atoms with Crippen molar-refractivity contribution in [1.82, 2.24) is 5.01 Å². The first-order chi connectivity index (χ1) is 9.75. The molecule has 120 valence electrons. The molecule has 0 atom stereocenters. The van der Waals surface area contributed by atoms with E-state index in [0.717, 1.165) is 16.5 Å². The Labute approximate surface area is 140 Å². The van der Waals surface area contributed by atoms with Gasteiger partial charge >= 0.3 is 0 Å². The second-order valence-corrected chi connectivity index (χ2v) is 7.13. The molecule has 0 saturated heterocycles. The predicted octanol–water partition coefficient (Wildman–Crippen LogP) is 3.99. The van der Waals surface area contributed by atoms with Gasteiger partial charge in [0.2, 0.25) is 0 Å². The number of ether oxygens (including phenoxy) is 2. The van der Waals surface area contributed by atoms with Gasteiger partial charge in [0, 0.05) is 36.7 Å². The molecule has 0 spiro atoms. The van der Waals surface area contributed by atoms with Crippen LogP contribution in [0.25, 0.3) is 0 Å². The van der Waals surface area contributed by atoms with Crippen molar-refractivity contribution in [3.05, 3.63) is 27.2 Å². The fraction of sp³-hybridized carbons (Fsp3) is 0.600. The van der Waals surface area contributed by atoms with E-state index in [-0.39, 0.29) is 5.54 Å². The van der Waals surface area contributed by atoms with E-state index in [4.69, 9.17) is 26.9 Å². The largest absolute Gasteiger partial charge is 0.492 e. The second kappa shape index (κ2) is 8.34. The topological polar surface area (TPSA) is 47.7 Å². The van der Waals surface area contributed by atoms with E-state index >= 15 is 0 Å². The summed E-state index contributed by atoms with van der Waals surface area (Å²) in [6, 6.07) is 3.78. The molecule has 0 bridgehead atoms. The maximum atomic E-state index is 6.21. The highest BCUT2D eigenvalue weighted by Gasteiger charge is 2.19. The van der Waals surface area contributed by atoms with Crippen molar-refractivity contribution >= 4 is 27.5 Å². The standard InChI is InChI=1S/C15H24BrClN2O2/c1-15(2,3)19(18)10-11-8-14(13(17)9-12(11)16)21-7-5-6-20-4/h8-9H,5-7,10,18H2,1-4H3. The van der Waals surface area contributed by atoms with E-state index < -0.39 is 0 Å². The fourth-order valence-corrected chi connectivity index (χ4v) is 2.43. The van der Waals surface area contributed by atoms with Crippen molar-refractivity contribution in [1.29, 1.82) is 0 Å². The third kappa shape index (κ3) is 6.12. The summed E-state index contributed by atoms with van der Waals surface area (Å²) < 4.78 is 11.6. The molecule has 0 unspecified atom stereocenters. The minimum absolute atomic E-state index is 0.113. The number of hydrogen-bond acceptors (Lipinski definition) is 4. The molecular formula is C15H24BrClN2O2. The molecule has 0 aliphatic rings. The molecule has 1 aromatic carbocycles. The zero-order valence-corrected chi connectivity index (χ0v) is 15.4. The van der Waals surface area contributed by atoms with Gasteiger partial charge in [-0.15, -0.1) is 0 Å². The Kier molecular flexibility index (Phi) is 7.44. The van der Waals surface area contributed by atoms with Crippen molar-refractivity contribution in [2.24, 2.45) is 5.84 Å². The minimum atomic E-state index is -0.113. The second-order valence-electron chi connectivity index (χ2n) is 5.87. The number of rotatable bonds is 7. The highest BCUT2D eigenvalue weighted by atomic mass is 79.9. The Morgan fingerprint density at radius 1 is 1.29 bits per heavy atom. The minimum Gasteiger partial charge on any atom is -0.492 e. The Morgan fingerprint density at radius 2 is 1.95 bits per heavy atom. The molecule has 0 aliphatic heterocycles. The summed E-state index contributed by atoms with van der Waals surface area (Å²) in [4.78, 5) is 0. The summed E-state index contributed by atoms with van der Waals surface area (Å²) in [7, 11) is 1.67. The van der Waals surface area contributed by atoms with E-state index in [1.54, 1.807) is 12.1 Å². The van der Waals surface area contributed by atoms with Crippen molar-refractivity contribution in [2.75, 3.05) is 20.3 Å². The maximum absolute atomic E-state index is 6.21. The van der Waals surface area contributed by atoms with Gasteiger partial charge in [0.25, 0.3) is 0 Å². The first-order valence-corrected chi connectivity index (χ1v) is 8.04. The molecule has 0 fully saturated rings. The van der Waals surface area contributed by atoms with Crippen LogP contribution in [0.3, 0.4) is 0 Å². The summed E-state index contributed by atoms with van der Waals surface area (Å²) in [5.74, 6) is 6.78. The number of nitrogens with zero attached hydrogens (tertiary/aromatic N) is 1. The Bertz CT molecular complexity index is 464. The molecule has 6 heteroatoms. The Hall–Kier alpha value is -0.330. The molecule has 1 rings (SSSR count). The molecule has 0 heterocycles. The Morgan fingerprint density at radius 3 is 2.52 bits per heavy atom. The maximum Gasteiger partial charge on any atom is 0.138 e. The number of halogens is 2. The molecular weight excluding hydrogens is 356 g/mol. The zero-order valence-electron chi connectivity index (χ0n) is 13.1. The highest BCUT2D eigenvalue weighted by Crippen LogP contribution is 2.32. The quantitative estimate of drug-likeness (QED) is 0.442. The van der Waals surface area contributed by atoms with E-state index in [0.29, 0.717) is 30.5 Å². The number of methoxy groups -OCH3 is 1. The van der Waals surface area contributed by atoms with Crippen molar-refractivity contribution < 1.29 is 9.47 Å². The van der Waals surface area contributed by atoms with Gasteiger partial charge in [0.05, 0.1) is 11.6 Å². The van der Waals surface area contributed by atoms with Crippen LogP contribution in [0.1, 0.15) is 32.8 Å². The van der Waals surface area contributed by atoms with Crippen LogP contribution in [0.15, 0.2) is 16.6 Å². The lowest BCUT2D eigenvalue weighted by molar-refractivity contribution is 0.129. The highest BCUT2D eigenvalue weighted by molar-refractivity contribution is 9.10. The van der Waals surface area contributed by atoms with Crippen LogP contribution in [0.2, 0.25) is 5.02 Å². The van der Waals surface area contributed by atoms with Gasteiger partial charge in [-0.2, -0.15) is 0 Å². The summed E-state index contributed by atoms with van der Waals surface area (Å²) in [5, 5.41) is 2.37. The number of nitrogens with two attached hydrogens (primary N) is 1. The van der Waals surface area contributed by atoms with E-state index in [2.05, 4.69) is 36.7 Å². The van der Waals surface area contributed by atoms with Crippen LogP contribution in [0.4, 0.5) is 0 Å². The lowest BCUT2D eigenvalue weighted by Gasteiger charge is -2.31. The van der Waals surface area contributed by atoms with Crippen LogP contribution in [0, 0.1) is 0 Å². The summed E-state index contributed by atoms with van der Waals surface area (Å²) >= 11 is 9.74. The predicted molar refractivity (Wildman–Crippen MR) is 90.6 cm³/mol. The molecule has 4 nitrogen and oxygen atoms in total. The summed E-state index contributed by atoms with van der Waals surface area (Å²) in [6.45, 7) is 8.05. The molecule has 1 aromatic rings. The van der Waals surface area contributed by atoms with Crippen LogP contribution in [-0.4, -0.2) is 30.9 Å². The number of hydrazine groups is 1. The van der Waals surface area contributed by atoms with Gasteiger partial charge in [-0.1, -0.05) is 27.5 Å². The van der Waals surface area contributed by atoms with Gasteiger partial charge in [-0.3, -0.25) is 5.84 Å². The molecule has 0 amide bonds. The van der Waals surface area contributed by atoms with Crippen LogP contribution in [-0.2, 0) is 11.3 Å². The fourth-order valence-electron chi connectivity index (χ4n) is 1.61. The lowest BCUT2D eigenvalue weighted by atomic mass is 10.1. The van der Waals surface area contributed by atoms with Crippen LogP contribution in [0.5, 0.6) is 5.75 Å². The van der Waals surface area contributed by atoms with E-state index in [1.807, 2.05) is 12.1 Å². The normalized spacial score (nSPS) is 12.0. The monoisotopic (exact) mass is 378 g/mol. The molecule has 0 saturated carbocycles. The first kappa shape index (κ1) is 18.7. The molecule has 0 aliphatic carbocycles.